The Morgan fingerprint density at radius 2 is 2.00 bits per heavy atom. The van der Waals surface area contributed by atoms with Crippen molar-refractivity contribution in [2.45, 2.75) is 37.8 Å². The molecule has 21 heavy (non-hydrogen) atoms. The van der Waals surface area contributed by atoms with Gasteiger partial charge in [-0.3, -0.25) is 14.5 Å². The van der Waals surface area contributed by atoms with Crippen LogP contribution >= 0.6 is 0 Å². The van der Waals surface area contributed by atoms with Gasteiger partial charge in [0.2, 0.25) is 5.91 Å². The van der Waals surface area contributed by atoms with Crippen LogP contribution < -0.4 is 10.6 Å². The van der Waals surface area contributed by atoms with Gasteiger partial charge in [-0.15, -0.1) is 0 Å². The number of rotatable bonds is 4. The minimum Gasteiger partial charge on any atom is -0.394 e. The Bertz CT molecular complexity index is 457. The lowest BCUT2D eigenvalue weighted by atomic mass is 9.91. The smallest absolute Gasteiger partial charge is 0.325 e. The predicted octanol–water partition coefficient (Wildman–Crippen LogP) is -1.03. The lowest BCUT2D eigenvalue weighted by Gasteiger charge is -2.36. The molecule has 0 aromatic rings. The van der Waals surface area contributed by atoms with Crippen molar-refractivity contribution in [3.05, 3.63) is 0 Å². The molecule has 2 saturated heterocycles. The predicted molar refractivity (Wildman–Crippen MR) is 72.3 cm³/mol. The molecule has 0 spiro atoms. The van der Waals surface area contributed by atoms with Crippen LogP contribution in [0.5, 0.6) is 0 Å². The number of carbonyl (C=O) groups is 3. The van der Waals surface area contributed by atoms with Gasteiger partial charge in [0.1, 0.15) is 12.1 Å². The van der Waals surface area contributed by atoms with Gasteiger partial charge in [-0.05, 0) is 26.7 Å². The monoisotopic (exact) mass is 299 g/mol. The second-order valence-electron chi connectivity index (χ2n) is 6.05. The molecular formula is C13H21N3O5. The summed E-state index contributed by atoms with van der Waals surface area (Å²) in [7, 11) is 0. The van der Waals surface area contributed by atoms with Gasteiger partial charge in [-0.2, -0.15) is 0 Å². The Morgan fingerprint density at radius 3 is 2.48 bits per heavy atom. The van der Waals surface area contributed by atoms with Gasteiger partial charge in [0.25, 0.3) is 5.91 Å². The molecule has 3 N–H and O–H groups in total. The molecule has 0 atom stereocenters. The summed E-state index contributed by atoms with van der Waals surface area (Å²) in [5.41, 5.74) is -1.73. The summed E-state index contributed by atoms with van der Waals surface area (Å²) in [6.45, 7) is 3.52. The van der Waals surface area contributed by atoms with Gasteiger partial charge in [0.05, 0.1) is 12.1 Å². The number of nitrogens with one attached hydrogen (secondary N) is 2. The van der Waals surface area contributed by atoms with Gasteiger partial charge in [0.15, 0.2) is 0 Å². The highest BCUT2D eigenvalue weighted by Gasteiger charge is 2.45. The fourth-order valence-electron chi connectivity index (χ4n) is 2.53. The Hall–Kier alpha value is -1.67. The minimum atomic E-state index is -0.995. The number of imide groups is 1. The first-order valence-electron chi connectivity index (χ1n) is 6.93. The standard InChI is InChI=1S/C13H21N3O5/c1-12(2)10(19)16(11(20)15-12)7-9(18)14-13(8-17)3-5-21-6-4-13/h17H,3-8H2,1-2H3,(H,14,18)(H,15,20). The van der Waals surface area contributed by atoms with Gasteiger partial charge in [0, 0.05) is 13.2 Å². The third-order valence-electron chi connectivity index (χ3n) is 3.90. The molecule has 2 fully saturated rings. The molecular weight excluding hydrogens is 278 g/mol. The maximum Gasteiger partial charge on any atom is 0.325 e. The molecule has 0 aromatic heterocycles. The first-order valence-corrected chi connectivity index (χ1v) is 6.93. The van der Waals surface area contributed by atoms with E-state index in [2.05, 4.69) is 10.6 Å². The molecule has 0 unspecified atom stereocenters. The maximum atomic E-state index is 12.1. The number of aliphatic hydroxyl groups is 1. The highest BCUT2D eigenvalue weighted by Crippen LogP contribution is 2.21. The van der Waals surface area contributed by atoms with Crippen molar-refractivity contribution in [3.63, 3.8) is 0 Å². The third-order valence-corrected chi connectivity index (χ3v) is 3.90. The van der Waals surface area contributed by atoms with Crippen LogP contribution in [-0.4, -0.2) is 65.3 Å². The van der Waals surface area contributed by atoms with E-state index in [4.69, 9.17) is 4.74 Å². The van der Waals surface area contributed by atoms with Crippen molar-refractivity contribution >= 4 is 17.8 Å². The summed E-state index contributed by atoms with van der Waals surface area (Å²) in [4.78, 5) is 36.7. The average Bonchev–Trinajstić information content (AvgIpc) is 2.62. The molecule has 0 aliphatic carbocycles. The zero-order valence-corrected chi connectivity index (χ0v) is 12.3. The highest BCUT2D eigenvalue weighted by molar-refractivity contribution is 6.08. The van der Waals surface area contributed by atoms with Crippen LogP contribution in [0, 0.1) is 0 Å². The van der Waals surface area contributed by atoms with Crippen LogP contribution in [0.25, 0.3) is 0 Å². The number of hydrogen-bond acceptors (Lipinski definition) is 5. The van der Waals surface area contributed by atoms with Crippen molar-refractivity contribution < 1.29 is 24.2 Å². The van der Waals surface area contributed by atoms with E-state index in [1.165, 1.54) is 0 Å². The molecule has 2 heterocycles. The van der Waals surface area contributed by atoms with E-state index in [1.807, 2.05) is 0 Å². The first kappa shape index (κ1) is 15.7. The maximum absolute atomic E-state index is 12.1. The number of amides is 4. The molecule has 2 rings (SSSR count). The van der Waals surface area contributed by atoms with Crippen molar-refractivity contribution in [1.29, 1.82) is 0 Å². The number of nitrogens with zero attached hydrogens (tertiary/aromatic N) is 1. The number of urea groups is 1. The molecule has 0 radical (unpaired) electrons. The van der Waals surface area contributed by atoms with Crippen LogP contribution in [-0.2, 0) is 14.3 Å². The molecule has 0 bridgehead atoms. The Balaban J connectivity index is 1.98. The first-order chi connectivity index (χ1) is 9.80. The molecule has 0 aromatic carbocycles. The van der Waals surface area contributed by atoms with E-state index in [0.29, 0.717) is 26.1 Å². The van der Waals surface area contributed by atoms with Crippen LogP contribution in [0.15, 0.2) is 0 Å². The fraction of sp³-hybridized carbons (Fsp3) is 0.769. The molecule has 4 amide bonds. The van der Waals surface area contributed by atoms with Crippen LogP contribution in [0.1, 0.15) is 26.7 Å². The second kappa shape index (κ2) is 5.61. The number of carbonyl (C=O) groups excluding carboxylic acids is 3. The molecule has 118 valence electrons. The second-order valence-corrected chi connectivity index (χ2v) is 6.05. The van der Waals surface area contributed by atoms with Crippen molar-refractivity contribution in [2.24, 2.45) is 0 Å². The number of aliphatic hydroxyl groups excluding tert-OH is 1. The summed E-state index contributed by atoms with van der Waals surface area (Å²) in [5.74, 6) is -0.903. The van der Waals surface area contributed by atoms with Gasteiger partial charge in [-0.25, -0.2) is 4.79 Å². The lowest BCUT2D eigenvalue weighted by Crippen LogP contribution is -2.57. The molecule has 2 aliphatic heterocycles. The Kier molecular flexibility index (Phi) is 4.20. The lowest BCUT2D eigenvalue weighted by molar-refractivity contribution is -0.135. The summed E-state index contributed by atoms with van der Waals surface area (Å²) in [6.07, 6.45) is 1.00. The van der Waals surface area contributed by atoms with Crippen LogP contribution in [0.3, 0.4) is 0 Å². The van der Waals surface area contributed by atoms with E-state index < -0.39 is 28.9 Å². The summed E-state index contributed by atoms with van der Waals surface area (Å²) in [5, 5.41) is 14.8. The van der Waals surface area contributed by atoms with E-state index >= 15 is 0 Å². The Morgan fingerprint density at radius 1 is 1.38 bits per heavy atom. The fourth-order valence-corrected chi connectivity index (χ4v) is 2.53. The zero-order valence-electron chi connectivity index (χ0n) is 12.3. The van der Waals surface area contributed by atoms with Crippen molar-refractivity contribution in [3.8, 4) is 0 Å². The quantitative estimate of drug-likeness (QED) is 0.576. The summed E-state index contributed by atoms with van der Waals surface area (Å²) < 4.78 is 5.21. The molecule has 8 heteroatoms. The number of ether oxygens (including phenoxy) is 1. The topological polar surface area (TPSA) is 108 Å². The van der Waals surface area contributed by atoms with Gasteiger partial charge >= 0.3 is 6.03 Å². The largest absolute Gasteiger partial charge is 0.394 e. The Labute approximate surface area is 122 Å². The average molecular weight is 299 g/mol. The third kappa shape index (κ3) is 3.16. The van der Waals surface area contributed by atoms with Crippen molar-refractivity contribution in [2.75, 3.05) is 26.4 Å². The van der Waals surface area contributed by atoms with Crippen molar-refractivity contribution in [1.82, 2.24) is 15.5 Å². The number of hydrogen-bond donors (Lipinski definition) is 3. The van der Waals surface area contributed by atoms with Gasteiger partial charge in [-0.1, -0.05) is 0 Å². The van der Waals surface area contributed by atoms with E-state index in [-0.39, 0.29) is 13.2 Å². The SMILES string of the molecule is CC1(C)NC(=O)N(CC(=O)NC2(CO)CCOCC2)C1=O. The zero-order chi connectivity index (χ0) is 15.7. The summed E-state index contributed by atoms with van der Waals surface area (Å²) in [6, 6.07) is -0.579. The minimum absolute atomic E-state index is 0.201. The van der Waals surface area contributed by atoms with E-state index in [1.54, 1.807) is 13.8 Å². The molecule has 2 aliphatic rings. The highest BCUT2D eigenvalue weighted by atomic mass is 16.5. The normalized spacial score (nSPS) is 23.9. The van der Waals surface area contributed by atoms with E-state index in [0.717, 1.165) is 4.90 Å². The molecule has 8 nitrogen and oxygen atoms in total. The van der Waals surface area contributed by atoms with Crippen LogP contribution in [0.4, 0.5) is 4.79 Å². The van der Waals surface area contributed by atoms with Gasteiger partial charge < -0.3 is 20.5 Å². The van der Waals surface area contributed by atoms with Crippen LogP contribution in [0.2, 0.25) is 0 Å². The summed E-state index contributed by atoms with van der Waals surface area (Å²) >= 11 is 0. The molecule has 0 saturated carbocycles. The van der Waals surface area contributed by atoms with E-state index in [9.17, 15) is 19.5 Å².